The highest BCUT2D eigenvalue weighted by Gasteiger charge is 1.84. The molecule has 0 spiro atoms. The zero-order valence-electron chi connectivity index (χ0n) is 7.06. The third-order valence-electron chi connectivity index (χ3n) is 0.862. The Hall–Kier alpha value is -0.430. The van der Waals surface area contributed by atoms with Crippen LogP contribution in [0.25, 0.3) is 0 Å². The maximum Gasteiger partial charge on any atom is 0.0375 e. The van der Waals surface area contributed by atoms with Crippen LogP contribution < -0.4 is 0 Å². The summed E-state index contributed by atoms with van der Waals surface area (Å²) in [5, 5.41) is 0. The van der Waals surface area contributed by atoms with Crippen LogP contribution in [0.1, 0.15) is 27.7 Å². The Labute approximate surface area is 68.6 Å². The lowest BCUT2D eigenvalue weighted by Crippen LogP contribution is -1.83. The Morgan fingerprint density at radius 2 is 1.20 bits per heavy atom. The maximum atomic E-state index is 5.05. The number of hydrogen-bond acceptors (Lipinski definition) is 1. The second kappa shape index (κ2) is 4.40. The van der Waals surface area contributed by atoms with Gasteiger partial charge in [-0.3, -0.25) is 0 Å². The normalized spacial score (nSPS) is 8.40. The van der Waals surface area contributed by atoms with Crippen LogP contribution in [-0.4, -0.2) is 4.86 Å². The van der Waals surface area contributed by atoms with Gasteiger partial charge in [-0.1, -0.05) is 23.4 Å². The van der Waals surface area contributed by atoms with E-state index in [-0.39, 0.29) is 0 Å². The van der Waals surface area contributed by atoms with Gasteiger partial charge in [-0.05, 0) is 39.8 Å². The van der Waals surface area contributed by atoms with Crippen LogP contribution >= 0.6 is 12.2 Å². The molecule has 10 heavy (non-hydrogen) atoms. The van der Waals surface area contributed by atoms with E-state index in [2.05, 4.69) is 0 Å². The van der Waals surface area contributed by atoms with Crippen LogP contribution in [0.4, 0.5) is 0 Å². The summed E-state index contributed by atoms with van der Waals surface area (Å²) in [6.45, 7) is 8.19. The van der Waals surface area contributed by atoms with Crippen molar-refractivity contribution in [1.82, 2.24) is 0 Å². The van der Waals surface area contributed by atoms with Crippen LogP contribution in [0.2, 0.25) is 0 Å². The minimum absolute atomic E-state index is 0.917. The lowest BCUT2D eigenvalue weighted by atomic mass is 10.2. The van der Waals surface area contributed by atoms with Gasteiger partial charge < -0.3 is 0 Å². The molecule has 0 atom stereocenters. The van der Waals surface area contributed by atoms with Gasteiger partial charge in [0.2, 0.25) is 0 Å². The third kappa shape index (κ3) is 5.70. The zero-order chi connectivity index (χ0) is 8.15. The van der Waals surface area contributed by atoms with E-state index in [1.54, 1.807) is 0 Å². The van der Waals surface area contributed by atoms with Crippen molar-refractivity contribution < 1.29 is 0 Å². The van der Waals surface area contributed by atoms with Gasteiger partial charge >= 0.3 is 0 Å². The fourth-order valence-electron chi connectivity index (χ4n) is 0.611. The summed E-state index contributed by atoms with van der Waals surface area (Å²) in [5.41, 5.74) is 2.50. The molecule has 0 bridgehead atoms. The zero-order valence-corrected chi connectivity index (χ0v) is 7.88. The molecule has 0 radical (unpaired) electrons. The third-order valence-corrected chi connectivity index (χ3v) is 1.10. The van der Waals surface area contributed by atoms with Crippen molar-refractivity contribution in [3.05, 3.63) is 23.3 Å². The molecule has 0 unspecified atom stereocenters. The van der Waals surface area contributed by atoms with E-state index >= 15 is 0 Å². The molecule has 0 aromatic rings. The highest BCUT2D eigenvalue weighted by Crippen LogP contribution is 1.96. The summed E-state index contributed by atoms with van der Waals surface area (Å²) in [6, 6.07) is 0. The molecule has 0 aromatic heterocycles. The summed E-state index contributed by atoms with van der Waals surface area (Å²) >= 11 is 5.05. The fourth-order valence-corrected chi connectivity index (χ4v) is 1.08. The predicted molar refractivity (Wildman–Crippen MR) is 51.5 cm³/mol. The Balaban J connectivity index is 4.14. The average molecular weight is 154 g/mol. The molecule has 0 fully saturated rings. The lowest BCUT2D eigenvalue weighted by Gasteiger charge is -1.90. The van der Waals surface area contributed by atoms with Gasteiger partial charge in [0.1, 0.15) is 0 Å². The number of thiocarbonyl (C=S) groups is 1. The van der Waals surface area contributed by atoms with E-state index in [1.165, 1.54) is 11.1 Å². The minimum Gasteiger partial charge on any atom is -0.0801 e. The van der Waals surface area contributed by atoms with E-state index in [0.717, 1.165) is 4.86 Å². The molecule has 0 amide bonds. The van der Waals surface area contributed by atoms with Gasteiger partial charge in [0.25, 0.3) is 0 Å². The minimum atomic E-state index is 0.917. The van der Waals surface area contributed by atoms with Crippen LogP contribution in [0.5, 0.6) is 0 Å². The maximum absolute atomic E-state index is 5.05. The first-order valence-corrected chi connectivity index (χ1v) is 3.77. The summed E-state index contributed by atoms with van der Waals surface area (Å²) < 4.78 is 0. The van der Waals surface area contributed by atoms with Gasteiger partial charge in [-0.2, -0.15) is 0 Å². The van der Waals surface area contributed by atoms with Crippen LogP contribution in [0.15, 0.2) is 23.3 Å². The second-order valence-corrected chi connectivity index (χ2v) is 3.32. The summed E-state index contributed by atoms with van der Waals surface area (Å²) in [6.07, 6.45) is 4.00. The quantitative estimate of drug-likeness (QED) is 0.434. The summed E-state index contributed by atoms with van der Waals surface area (Å²) in [5.74, 6) is 0. The summed E-state index contributed by atoms with van der Waals surface area (Å²) in [7, 11) is 0. The van der Waals surface area contributed by atoms with Crippen molar-refractivity contribution >= 4 is 17.1 Å². The Kier molecular flexibility index (Phi) is 4.21. The fraction of sp³-hybridized carbons (Fsp3) is 0.444. The van der Waals surface area contributed by atoms with Crippen molar-refractivity contribution in [3.63, 3.8) is 0 Å². The van der Waals surface area contributed by atoms with Crippen molar-refractivity contribution in [3.8, 4) is 0 Å². The molecule has 0 aliphatic heterocycles. The van der Waals surface area contributed by atoms with Crippen molar-refractivity contribution in [2.45, 2.75) is 27.7 Å². The first kappa shape index (κ1) is 9.57. The van der Waals surface area contributed by atoms with E-state index in [0.29, 0.717) is 0 Å². The molecule has 0 heterocycles. The Bertz CT molecular complexity index is 157. The SMILES string of the molecule is CC(C)=CC(=S)C=C(C)C. The average Bonchev–Trinajstić information content (AvgIpc) is 1.58. The van der Waals surface area contributed by atoms with Crippen molar-refractivity contribution in [2.75, 3.05) is 0 Å². The number of rotatable bonds is 2. The molecule has 0 rings (SSSR count). The van der Waals surface area contributed by atoms with Gasteiger partial charge in [-0.15, -0.1) is 0 Å². The lowest BCUT2D eigenvalue weighted by molar-refractivity contribution is 1.39. The van der Waals surface area contributed by atoms with Crippen molar-refractivity contribution in [1.29, 1.82) is 0 Å². The van der Waals surface area contributed by atoms with Crippen LogP contribution in [0.3, 0.4) is 0 Å². The molecular weight excluding hydrogens is 140 g/mol. The first-order chi connectivity index (χ1) is 4.52. The molecule has 0 aromatic carbocycles. The number of hydrogen-bond donors (Lipinski definition) is 0. The standard InChI is InChI=1S/C9H14S/c1-7(2)5-9(10)6-8(3)4/h5-6H,1-4H3. The smallest absolute Gasteiger partial charge is 0.0375 e. The largest absolute Gasteiger partial charge is 0.0801 e. The van der Waals surface area contributed by atoms with E-state index in [1.807, 2.05) is 39.8 Å². The predicted octanol–water partition coefficient (Wildman–Crippen LogP) is 3.29. The molecule has 56 valence electrons. The van der Waals surface area contributed by atoms with E-state index in [4.69, 9.17) is 12.2 Å². The first-order valence-electron chi connectivity index (χ1n) is 3.36. The topological polar surface area (TPSA) is 0 Å². The molecular formula is C9H14S. The van der Waals surface area contributed by atoms with E-state index < -0.39 is 0 Å². The van der Waals surface area contributed by atoms with Crippen LogP contribution in [0, 0.1) is 0 Å². The molecule has 0 aliphatic rings. The Morgan fingerprint density at radius 1 is 0.900 bits per heavy atom. The van der Waals surface area contributed by atoms with Crippen molar-refractivity contribution in [2.24, 2.45) is 0 Å². The molecule has 1 heteroatoms. The molecule has 0 saturated carbocycles. The van der Waals surface area contributed by atoms with Gasteiger partial charge in [0.15, 0.2) is 0 Å². The highest BCUT2D eigenvalue weighted by atomic mass is 32.1. The molecule has 0 N–H and O–H groups in total. The summed E-state index contributed by atoms with van der Waals surface area (Å²) in [4.78, 5) is 0.917. The monoisotopic (exact) mass is 154 g/mol. The Morgan fingerprint density at radius 3 is 1.40 bits per heavy atom. The van der Waals surface area contributed by atoms with Gasteiger partial charge in [0, 0.05) is 4.86 Å². The molecule has 0 aliphatic carbocycles. The number of allylic oxidation sites excluding steroid dienone is 4. The van der Waals surface area contributed by atoms with E-state index in [9.17, 15) is 0 Å². The highest BCUT2D eigenvalue weighted by molar-refractivity contribution is 7.81. The van der Waals surface area contributed by atoms with Gasteiger partial charge in [0.05, 0.1) is 0 Å². The van der Waals surface area contributed by atoms with Gasteiger partial charge in [-0.25, -0.2) is 0 Å². The molecule has 0 nitrogen and oxygen atoms in total. The molecule has 0 saturated heterocycles. The van der Waals surface area contributed by atoms with Crippen LogP contribution in [-0.2, 0) is 0 Å². The second-order valence-electron chi connectivity index (χ2n) is 2.85.